The van der Waals surface area contributed by atoms with E-state index in [2.05, 4.69) is 102 Å². The number of hydrogen-bond donors (Lipinski definition) is 0. The molecule has 0 aliphatic carbocycles. The number of benzene rings is 3. The van der Waals surface area contributed by atoms with E-state index in [9.17, 15) is 0 Å². The van der Waals surface area contributed by atoms with E-state index in [1.165, 1.54) is 16.7 Å². The molecule has 0 N–H and O–H groups in total. The van der Waals surface area contributed by atoms with Crippen molar-refractivity contribution in [3.63, 3.8) is 0 Å². The van der Waals surface area contributed by atoms with E-state index < -0.39 is 0 Å². The zero-order valence-corrected chi connectivity index (χ0v) is 16.4. The Bertz CT molecular complexity index is 841. The quantitative estimate of drug-likeness (QED) is 0.605. The minimum atomic E-state index is 0.297. The monoisotopic (exact) mass is 369 g/mol. The third-order valence-corrected chi connectivity index (χ3v) is 5.33. The molecule has 3 heteroatoms. The van der Waals surface area contributed by atoms with E-state index in [1.807, 2.05) is 6.21 Å². The minimum absolute atomic E-state index is 0.297. The maximum absolute atomic E-state index is 4.70. The number of hydrazone groups is 1. The van der Waals surface area contributed by atoms with Crippen LogP contribution in [0.4, 0.5) is 0 Å². The predicted octanol–water partition coefficient (Wildman–Crippen LogP) is 4.74. The summed E-state index contributed by atoms with van der Waals surface area (Å²) in [5.74, 6) is 0. The number of hydrogen-bond acceptors (Lipinski definition) is 3. The van der Waals surface area contributed by atoms with Gasteiger partial charge in [0.1, 0.15) is 0 Å². The number of aryl methyl sites for hydroxylation is 1. The van der Waals surface area contributed by atoms with Gasteiger partial charge in [0.2, 0.25) is 0 Å². The molecule has 0 unspecified atom stereocenters. The first-order chi connectivity index (χ1) is 13.8. The van der Waals surface area contributed by atoms with Gasteiger partial charge in [0, 0.05) is 26.2 Å². The fourth-order valence-corrected chi connectivity index (χ4v) is 3.77. The highest BCUT2D eigenvalue weighted by atomic mass is 15.5. The van der Waals surface area contributed by atoms with Gasteiger partial charge in [0.05, 0.1) is 12.3 Å². The van der Waals surface area contributed by atoms with Gasteiger partial charge in [0.15, 0.2) is 0 Å². The molecule has 0 radical (unpaired) electrons. The summed E-state index contributed by atoms with van der Waals surface area (Å²) >= 11 is 0. The van der Waals surface area contributed by atoms with Gasteiger partial charge in [0.25, 0.3) is 0 Å². The summed E-state index contributed by atoms with van der Waals surface area (Å²) in [6.07, 6.45) is 1.97. The van der Waals surface area contributed by atoms with Crippen molar-refractivity contribution in [3.05, 3.63) is 107 Å². The summed E-state index contributed by atoms with van der Waals surface area (Å²) in [7, 11) is 0. The van der Waals surface area contributed by atoms with Crippen LogP contribution >= 0.6 is 0 Å². The van der Waals surface area contributed by atoms with E-state index in [1.54, 1.807) is 0 Å². The Morgan fingerprint density at radius 1 is 0.714 bits per heavy atom. The average molecular weight is 370 g/mol. The van der Waals surface area contributed by atoms with Crippen LogP contribution in [0.25, 0.3) is 0 Å². The molecule has 0 amide bonds. The first kappa shape index (κ1) is 18.5. The molecule has 3 nitrogen and oxygen atoms in total. The van der Waals surface area contributed by atoms with Crippen LogP contribution in [-0.2, 0) is 0 Å². The fourth-order valence-electron chi connectivity index (χ4n) is 3.77. The molecule has 28 heavy (non-hydrogen) atoms. The van der Waals surface area contributed by atoms with Gasteiger partial charge in [-0.05, 0) is 23.6 Å². The maximum Gasteiger partial charge on any atom is 0.0603 e. The Balaban J connectivity index is 1.45. The molecule has 0 spiro atoms. The molecule has 1 saturated heterocycles. The molecule has 0 atom stereocenters. The molecule has 1 aliphatic rings. The summed E-state index contributed by atoms with van der Waals surface area (Å²) in [6, 6.07) is 30.4. The Morgan fingerprint density at radius 3 is 1.79 bits per heavy atom. The third-order valence-electron chi connectivity index (χ3n) is 5.33. The highest BCUT2D eigenvalue weighted by Gasteiger charge is 2.25. The van der Waals surface area contributed by atoms with Crippen LogP contribution in [-0.4, -0.2) is 42.3 Å². The predicted molar refractivity (Wildman–Crippen MR) is 117 cm³/mol. The number of piperazine rings is 1. The molecule has 142 valence electrons. The number of rotatable bonds is 5. The minimum Gasteiger partial charge on any atom is -0.294 e. The lowest BCUT2D eigenvalue weighted by atomic mass is 9.96. The van der Waals surface area contributed by atoms with E-state index in [0.717, 1.165) is 31.7 Å². The molecule has 0 bridgehead atoms. The van der Waals surface area contributed by atoms with Crippen LogP contribution in [0.2, 0.25) is 0 Å². The van der Waals surface area contributed by atoms with E-state index in [-0.39, 0.29) is 0 Å². The summed E-state index contributed by atoms with van der Waals surface area (Å²) < 4.78 is 0. The Hall–Kier alpha value is -2.91. The number of nitrogens with zero attached hydrogens (tertiary/aromatic N) is 3. The van der Waals surface area contributed by atoms with Crippen LogP contribution < -0.4 is 0 Å². The van der Waals surface area contributed by atoms with Gasteiger partial charge in [-0.2, -0.15) is 5.10 Å². The summed E-state index contributed by atoms with van der Waals surface area (Å²) in [5.41, 5.74) is 5.13. The lowest BCUT2D eigenvalue weighted by molar-refractivity contribution is 0.113. The second-order valence-corrected chi connectivity index (χ2v) is 7.37. The van der Waals surface area contributed by atoms with Crippen LogP contribution in [0.15, 0.2) is 90.0 Å². The van der Waals surface area contributed by atoms with Crippen molar-refractivity contribution < 1.29 is 0 Å². The lowest BCUT2D eigenvalue weighted by Crippen LogP contribution is -2.45. The van der Waals surface area contributed by atoms with Crippen molar-refractivity contribution in [2.24, 2.45) is 5.10 Å². The average Bonchev–Trinajstić information content (AvgIpc) is 2.76. The second kappa shape index (κ2) is 8.85. The molecule has 1 fully saturated rings. The molecule has 1 heterocycles. The van der Waals surface area contributed by atoms with Crippen molar-refractivity contribution in [2.45, 2.75) is 13.0 Å². The molecule has 4 rings (SSSR count). The van der Waals surface area contributed by atoms with E-state index in [0.29, 0.717) is 6.04 Å². The Labute approximate surface area is 167 Å². The zero-order valence-electron chi connectivity index (χ0n) is 16.4. The summed E-state index contributed by atoms with van der Waals surface area (Å²) in [6.45, 7) is 5.99. The van der Waals surface area contributed by atoms with Gasteiger partial charge >= 0.3 is 0 Å². The van der Waals surface area contributed by atoms with Crippen molar-refractivity contribution in [1.29, 1.82) is 0 Å². The topological polar surface area (TPSA) is 18.8 Å². The largest absolute Gasteiger partial charge is 0.294 e. The Kier molecular flexibility index (Phi) is 5.83. The molecule has 3 aromatic carbocycles. The summed E-state index contributed by atoms with van der Waals surface area (Å²) in [5, 5.41) is 6.89. The van der Waals surface area contributed by atoms with Gasteiger partial charge in [-0.3, -0.25) is 9.91 Å². The van der Waals surface area contributed by atoms with Crippen molar-refractivity contribution >= 4 is 6.21 Å². The fraction of sp³-hybridized carbons (Fsp3) is 0.240. The molecule has 3 aromatic rings. The van der Waals surface area contributed by atoms with Gasteiger partial charge in [-0.25, -0.2) is 0 Å². The first-order valence-corrected chi connectivity index (χ1v) is 9.99. The van der Waals surface area contributed by atoms with Gasteiger partial charge < -0.3 is 0 Å². The van der Waals surface area contributed by atoms with Crippen LogP contribution in [0.3, 0.4) is 0 Å². The molecular weight excluding hydrogens is 342 g/mol. The van der Waals surface area contributed by atoms with Crippen molar-refractivity contribution in [1.82, 2.24) is 9.91 Å². The Morgan fingerprint density at radius 2 is 1.25 bits per heavy atom. The van der Waals surface area contributed by atoms with Crippen LogP contribution in [0, 0.1) is 6.92 Å². The summed E-state index contributed by atoms with van der Waals surface area (Å²) in [4.78, 5) is 2.57. The van der Waals surface area contributed by atoms with Crippen LogP contribution in [0.5, 0.6) is 0 Å². The van der Waals surface area contributed by atoms with Gasteiger partial charge in [-0.1, -0.05) is 90.5 Å². The maximum atomic E-state index is 4.70. The molecule has 0 aromatic heterocycles. The van der Waals surface area contributed by atoms with Gasteiger partial charge in [-0.15, -0.1) is 0 Å². The lowest BCUT2D eigenvalue weighted by Gasteiger charge is -2.38. The zero-order chi connectivity index (χ0) is 19.2. The van der Waals surface area contributed by atoms with Crippen molar-refractivity contribution in [2.75, 3.05) is 26.2 Å². The second-order valence-electron chi connectivity index (χ2n) is 7.37. The smallest absolute Gasteiger partial charge is 0.0603 e. The van der Waals surface area contributed by atoms with E-state index in [4.69, 9.17) is 5.10 Å². The van der Waals surface area contributed by atoms with Crippen LogP contribution in [0.1, 0.15) is 28.3 Å². The molecule has 1 aliphatic heterocycles. The standard InChI is InChI=1S/C25H27N3/c1-21-12-14-22(15-13-21)20-26-28-18-16-27(17-19-28)25(23-8-4-2-5-9-23)24-10-6-3-7-11-24/h2-15,20,25H,16-19H2,1H3. The molecule has 0 saturated carbocycles. The SMILES string of the molecule is Cc1ccc(C=NN2CCN(C(c3ccccc3)c3ccccc3)CC2)cc1. The third kappa shape index (κ3) is 4.49. The highest BCUT2D eigenvalue weighted by Crippen LogP contribution is 2.29. The highest BCUT2D eigenvalue weighted by molar-refractivity contribution is 5.79. The first-order valence-electron chi connectivity index (χ1n) is 9.99. The van der Waals surface area contributed by atoms with E-state index >= 15 is 0 Å². The van der Waals surface area contributed by atoms with Crippen molar-refractivity contribution in [3.8, 4) is 0 Å². The molecular formula is C25H27N3. The normalized spacial score (nSPS) is 15.4.